The number of aromatic nitrogens is 4. The summed E-state index contributed by atoms with van der Waals surface area (Å²) in [6.07, 6.45) is 2.31. The first-order valence-electron chi connectivity index (χ1n) is 6.39. The molecule has 0 atom stereocenters. The molecule has 3 heterocycles. The molecular weight excluding hydrogens is 261 g/mol. The quantitative estimate of drug-likeness (QED) is 0.821. The van der Waals surface area contributed by atoms with Crippen molar-refractivity contribution in [2.24, 2.45) is 5.92 Å². The van der Waals surface area contributed by atoms with E-state index in [0.29, 0.717) is 18.4 Å². The van der Waals surface area contributed by atoms with Crippen LogP contribution in [0.5, 0.6) is 0 Å². The van der Waals surface area contributed by atoms with Gasteiger partial charge < -0.3 is 4.90 Å². The second-order valence-corrected chi connectivity index (χ2v) is 4.97. The Balaban J connectivity index is 1.62. The van der Waals surface area contributed by atoms with Crippen LogP contribution in [0.15, 0.2) is 29.3 Å². The van der Waals surface area contributed by atoms with Crippen molar-refractivity contribution < 1.29 is 4.39 Å². The molecule has 7 heteroatoms. The smallest absolute Gasteiger partial charge is 0.266 e. The van der Waals surface area contributed by atoms with Crippen molar-refractivity contribution in [3.8, 4) is 0 Å². The first-order chi connectivity index (χ1) is 9.61. The molecule has 0 unspecified atom stereocenters. The number of nitrogens with zero attached hydrogens (tertiary/aromatic N) is 5. The van der Waals surface area contributed by atoms with Crippen LogP contribution in [-0.4, -0.2) is 32.8 Å². The largest absolute Gasteiger partial charge is 0.340 e. The third kappa shape index (κ3) is 2.52. The van der Waals surface area contributed by atoms with Gasteiger partial charge >= 0.3 is 0 Å². The highest BCUT2D eigenvalue weighted by molar-refractivity contribution is 5.32. The summed E-state index contributed by atoms with van der Waals surface area (Å²) in [5, 5.41) is 4.21. The molecule has 0 amide bonds. The van der Waals surface area contributed by atoms with E-state index < -0.39 is 5.82 Å². The van der Waals surface area contributed by atoms with Crippen molar-refractivity contribution >= 4 is 5.95 Å². The van der Waals surface area contributed by atoms with Gasteiger partial charge in [0.15, 0.2) is 5.82 Å². The zero-order valence-electron chi connectivity index (χ0n) is 11.0. The average Bonchev–Trinajstić information content (AvgIpc) is 2.39. The van der Waals surface area contributed by atoms with Crippen LogP contribution in [0.4, 0.5) is 10.3 Å². The van der Waals surface area contributed by atoms with E-state index >= 15 is 0 Å². The minimum atomic E-state index is -0.443. The minimum Gasteiger partial charge on any atom is -0.340 e. The van der Waals surface area contributed by atoms with E-state index in [4.69, 9.17) is 0 Å². The van der Waals surface area contributed by atoms with Crippen molar-refractivity contribution in [1.82, 2.24) is 19.7 Å². The molecule has 1 aliphatic heterocycles. The topological polar surface area (TPSA) is 63.9 Å². The van der Waals surface area contributed by atoms with E-state index in [-0.39, 0.29) is 5.56 Å². The lowest BCUT2D eigenvalue weighted by Crippen LogP contribution is -2.50. The van der Waals surface area contributed by atoms with Crippen molar-refractivity contribution in [2.75, 3.05) is 18.0 Å². The van der Waals surface area contributed by atoms with E-state index in [2.05, 4.69) is 15.1 Å². The van der Waals surface area contributed by atoms with Gasteiger partial charge in [-0.15, -0.1) is 0 Å². The normalized spacial score (nSPS) is 15.2. The van der Waals surface area contributed by atoms with Gasteiger partial charge in [0, 0.05) is 25.1 Å². The highest BCUT2D eigenvalue weighted by Gasteiger charge is 2.29. The van der Waals surface area contributed by atoms with Crippen LogP contribution in [0.1, 0.15) is 5.69 Å². The summed E-state index contributed by atoms with van der Waals surface area (Å²) in [5.74, 6) is 0.407. The molecule has 0 radical (unpaired) electrons. The molecule has 1 saturated heterocycles. The standard InChI is InChI=1S/C13H14FN5O/c1-9-2-3-12(20)19(17-9)8-10-6-18(7-10)13-15-4-11(14)5-16-13/h2-5,10H,6-8H2,1H3. The first kappa shape index (κ1) is 12.7. The SMILES string of the molecule is Cc1ccc(=O)n(CC2CN(c3ncc(F)cn3)C2)n1. The fourth-order valence-corrected chi connectivity index (χ4v) is 2.24. The maximum Gasteiger partial charge on any atom is 0.266 e. The molecule has 0 saturated carbocycles. The van der Waals surface area contributed by atoms with E-state index in [0.717, 1.165) is 31.2 Å². The number of aryl methyl sites for hydroxylation is 1. The van der Waals surface area contributed by atoms with Crippen LogP contribution in [0.3, 0.4) is 0 Å². The van der Waals surface area contributed by atoms with Gasteiger partial charge in [0.25, 0.3) is 5.56 Å². The molecule has 0 bridgehead atoms. The molecule has 0 N–H and O–H groups in total. The Morgan fingerprint density at radius 3 is 2.70 bits per heavy atom. The Labute approximate surface area is 114 Å². The van der Waals surface area contributed by atoms with Gasteiger partial charge in [-0.25, -0.2) is 19.0 Å². The molecule has 1 fully saturated rings. The molecule has 0 aromatic carbocycles. The van der Waals surface area contributed by atoms with Crippen molar-refractivity contribution in [3.05, 3.63) is 46.4 Å². The van der Waals surface area contributed by atoms with Crippen LogP contribution in [0.25, 0.3) is 0 Å². The minimum absolute atomic E-state index is 0.0907. The van der Waals surface area contributed by atoms with E-state index in [1.165, 1.54) is 10.7 Å². The predicted molar refractivity (Wildman–Crippen MR) is 70.9 cm³/mol. The van der Waals surface area contributed by atoms with Crippen molar-refractivity contribution in [3.63, 3.8) is 0 Å². The molecule has 0 aliphatic carbocycles. The van der Waals surface area contributed by atoms with Gasteiger partial charge in [-0.1, -0.05) is 0 Å². The molecule has 3 rings (SSSR count). The monoisotopic (exact) mass is 275 g/mol. The maximum atomic E-state index is 12.7. The van der Waals surface area contributed by atoms with Gasteiger partial charge in [0.05, 0.1) is 24.6 Å². The Bertz CT molecular complexity index is 663. The van der Waals surface area contributed by atoms with Crippen molar-refractivity contribution in [1.29, 1.82) is 0 Å². The second-order valence-electron chi connectivity index (χ2n) is 4.97. The number of halogens is 1. The number of hydrogen-bond donors (Lipinski definition) is 0. The Morgan fingerprint density at radius 1 is 1.30 bits per heavy atom. The summed E-state index contributed by atoms with van der Waals surface area (Å²) < 4.78 is 14.2. The lowest BCUT2D eigenvalue weighted by atomic mass is 10.0. The first-order valence-corrected chi connectivity index (χ1v) is 6.39. The summed E-state index contributed by atoms with van der Waals surface area (Å²) >= 11 is 0. The zero-order valence-corrected chi connectivity index (χ0v) is 11.0. The van der Waals surface area contributed by atoms with Crippen LogP contribution in [-0.2, 0) is 6.54 Å². The molecule has 6 nitrogen and oxygen atoms in total. The van der Waals surface area contributed by atoms with Crippen LogP contribution in [0, 0.1) is 18.7 Å². The Hall–Kier alpha value is -2.31. The molecule has 0 spiro atoms. The summed E-state index contributed by atoms with van der Waals surface area (Å²) in [7, 11) is 0. The lowest BCUT2D eigenvalue weighted by Gasteiger charge is -2.39. The van der Waals surface area contributed by atoms with E-state index in [1.54, 1.807) is 6.07 Å². The lowest BCUT2D eigenvalue weighted by molar-refractivity contribution is 0.329. The summed E-state index contributed by atoms with van der Waals surface area (Å²) in [6.45, 7) is 3.93. The maximum absolute atomic E-state index is 12.7. The number of hydrogen-bond acceptors (Lipinski definition) is 5. The predicted octanol–water partition coefficient (Wildman–Crippen LogP) is 0.617. The third-order valence-corrected chi connectivity index (χ3v) is 3.28. The number of rotatable bonds is 3. The summed E-state index contributed by atoms with van der Waals surface area (Å²) in [5.41, 5.74) is 0.731. The van der Waals surface area contributed by atoms with Crippen LogP contribution in [0.2, 0.25) is 0 Å². The number of anilines is 1. The zero-order chi connectivity index (χ0) is 14.1. The summed E-state index contributed by atoms with van der Waals surface area (Å²) in [6, 6.07) is 3.24. The Kier molecular flexibility index (Phi) is 3.17. The third-order valence-electron chi connectivity index (χ3n) is 3.28. The molecular formula is C13H14FN5O. The average molecular weight is 275 g/mol. The van der Waals surface area contributed by atoms with E-state index in [9.17, 15) is 9.18 Å². The second kappa shape index (κ2) is 4.99. The molecule has 20 heavy (non-hydrogen) atoms. The van der Waals surface area contributed by atoms with Gasteiger partial charge in [-0.2, -0.15) is 5.10 Å². The molecule has 1 aliphatic rings. The fraction of sp³-hybridized carbons (Fsp3) is 0.385. The van der Waals surface area contributed by atoms with Gasteiger partial charge in [0.1, 0.15) is 0 Å². The molecule has 2 aromatic heterocycles. The van der Waals surface area contributed by atoms with Crippen LogP contribution < -0.4 is 10.5 Å². The van der Waals surface area contributed by atoms with Gasteiger partial charge in [-0.3, -0.25) is 4.79 Å². The van der Waals surface area contributed by atoms with Crippen LogP contribution >= 0.6 is 0 Å². The summed E-state index contributed by atoms with van der Waals surface area (Å²) in [4.78, 5) is 21.5. The molecule has 2 aromatic rings. The van der Waals surface area contributed by atoms with Gasteiger partial charge in [-0.05, 0) is 13.0 Å². The highest BCUT2D eigenvalue weighted by atomic mass is 19.1. The van der Waals surface area contributed by atoms with Gasteiger partial charge in [0.2, 0.25) is 5.95 Å². The van der Waals surface area contributed by atoms with Crippen molar-refractivity contribution in [2.45, 2.75) is 13.5 Å². The highest BCUT2D eigenvalue weighted by Crippen LogP contribution is 2.21. The fourth-order valence-electron chi connectivity index (χ4n) is 2.24. The molecule has 104 valence electrons. The Morgan fingerprint density at radius 2 is 2.00 bits per heavy atom. The van der Waals surface area contributed by atoms with E-state index in [1.807, 2.05) is 11.8 Å².